The van der Waals surface area contributed by atoms with Gasteiger partial charge in [0.2, 0.25) is 0 Å². The zero-order chi connectivity index (χ0) is 16.2. The second kappa shape index (κ2) is 6.87. The molecule has 4 nitrogen and oxygen atoms in total. The zero-order valence-electron chi connectivity index (χ0n) is 13.1. The highest BCUT2D eigenvalue weighted by molar-refractivity contribution is 5.94. The third kappa shape index (κ3) is 3.56. The lowest BCUT2D eigenvalue weighted by atomic mass is 9.99. The third-order valence-electron chi connectivity index (χ3n) is 4.25. The summed E-state index contributed by atoms with van der Waals surface area (Å²) in [4.78, 5) is 16.7. The van der Waals surface area contributed by atoms with Crippen LogP contribution in [0.4, 0.5) is 4.39 Å². The van der Waals surface area contributed by atoms with Crippen LogP contribution in [0.5, 0.6) is 0 Å². The Hall–Kier alpha value is -2.27. The molecule has 2 heterocycles. The molecule has 0 radical (unpaired) electrons. The Kier molecular flexibility index (Phi) is 4.67. The molecule has 1 atom stereocenters. The lowest BCUT2D eigenvalue weighted by molar-refractivity contribution is 0.0945. The molecule has 23 heavy (non-hydrogen) atoms. The standard InChI is InChI=1S/C18H20FN3O/c1-12(13-2-4-15(19)5-3-13)10-22-18(23)17-16-11-20-8-6-14(16)7-9-21-17/h2-5,7,9,12,20H,6,8,10-11H2,1H3,(H,22,23). The summed E-state index contributed by atoms with van der Waals surface area (Å²) in [5.41, 5.74) is 3.68. The van der Waals surface area contributed by atoms with Crippen molar-refractivity contribution in [3.8, 4) is 0 Å². The summed E-state index contributed by atoms with van der Waals surface area (Å²) >= 11 is 0. The van der Waals surface area contributed by atoms with Gasteiger partial charge in [0.1, 0.15) is 11.5 Å². The summed E-state index contributed by atoms with van der Waals surface area (Å²) in [6.45, 7) is 4.10. The molecule has 1 aromatic heterocycles. The predicted molar refractivity (Wildman–Crippen MR) is 86.8 cm³/mol. The van der Waals surface area contributed by atoms with Crippen LogP contribution in [-0.4, -0.2) is 24.0 Å². The Morgan fingerprint density at radius 2 is 2.13 bits per heavy atom. The van der Waals surface area contributed by atoms with Gasteiger partial charge in [-0.15, -0.1) is 0 Å². The van der Waals surface area contributed by atoms with E-state index in [0.29, 0.717) is 18.8 Å². The van der Waals surface area contributed by atoms with Crippen LogP contribution >= 0.6 is 0 Å². The van der Waals surface area contributed by atoms with Gasteiger partial charge in [0.05, 0.1) is 0 Å². The summed E-state index contributed by atoms with van der Waals surface area (Å²) in [6, 6.07) is 8.36. The van der Waals surface area contributed by atoms with Crippen LogP contribution in [0.2, 0.25) is 0 Å². The van der Waals surface area contributed by atoms with Gasteiger partial charge in [-0.1, -0.05) is 19.1 Å². The molecular formula is C18H20FN3O. The maximum atomic E-state index is 13.0. The van der Waals surface area contributed by atoms with Crippen LogP contribution in [0, 0.1) is 5.82 Å². The molecule has 0 fully saturated rings. The fourth-order valence-electron chi connectivity index (χ4n) is 2.83. The van der Waals surface area contributed by atoms with Crippen molar-refractivity contribution < 1.29 is 9.18 Å². The average Bonchev–Trinajstić information content (AvgIpc) is 2.59. The first-order valence-corrected chi connectivity index (χ1v) is 7.86. The Balaban J connectivity index is 1.67. The van der Waals surface area contributed by atoms with Gasteiger partial charge < -0.3 is 10.6 Å². The SMILES string of the molecule is CC(CNC(=O)c1nccc2c1CNCC2)c1ccc(F)cc1. The minimum Gasteiger partial charge on any atom is -0.350 e. The van der Waals surface area contributed by atoms with Crippen molar-refractivity contribution >= 4 is 5.91 Å². The van der Waals surface area contributed by atoms with Gasteiger partial charge in [-0.2, -0.15) is 0 Å². The van der Waals surface area contributed by atoms with E-state index in [9.17, 15) is 9.18 Å². The minimum absolute atomic E-state index is 0.109. The number of nitrogens with zero attached hydrogens (tertiary/aromatic N) is 1. The molecule has 0 saturated carbocycles. The number of hydrogen-bond donors (Lipinski definition) is 2. The molecule has 5 heteroatoms. The van der Waals surface area contributed by atoms with Crippen LogP contribution in [-0.2, 0) is 13.0 Å². The maximum Gasteiger partial charge on any atom is 0.270 e. The van der Waals surface area contributed by atoms with E-state index in [1.165, 1.54) is 17.7 Å². The van der Waals surface area contributed by atoms with E-state index in [0.717, 1.165) is 24.1 Å². The molecule has 2 aromatic rings. The van der Waals surface area contributed by atoms with Gasteiger partial charge in [-0.05, 0) is 48.2 Å². The van der Waals surface area contributed by atoms with E-state index in [-0.39, 0.29) is 17.6 Å². The first-order valence-electron chi connectivity index (χ1n) is 7.86. The largest absolute Gasteiger partial charge is 0.350 e. The first-order chi connectivity index (χ1) is 11.1. The molecule has 3 rings (SSSR count). The highest BCUT2D eigenvalue weighted by atomic mass is 19.1. The summed E-state index contributed by atoms with van der Waals surface area (Å²) < 4.78 is 13.0. The van der Waals surface area contributed by atoms with E-state index < -0.39 is 0 Å². The van der Waals surface area contributed by atoms with Crippen molar-refractivity contribution in [2.75, 3.05) is 13.1 Å². The maximum absolute atomic E-state index is 13.0. The third-order valence-corrected chi connectivity index (χ3v) is 4.25. The normalized spacial score (nSPS) is 14.9. The Labute approximate surface area is 135 Å². The second-order valence-corrected chi connectivity index (χ2v) is 5.89. The lowest BCUT2D eigenvalue weighted by Gasteiger charge is -2.19. The molecule has 120 valence electrons. The zero-order valence-corrected chi connectivity index (χ0v) is 13.1. The van der Waals surface area contributed by atoms with Gasteiger partial charge in [0, 0.05) is 24.8 Å². The molecular weight excluding hydrogens is 293 g/mol. The van der Waals surface area contributed by atoms with E-state index in [2.05, 4.69) is 15.6 Å². The highest BCUT2D eigenvalue weighted by Gasteiger charge is 2.19. The summed E-state index contributed by atoms with van der Waals surface area (Å²) in [6.07, 6.45) is 2.62. The molecule has 0 aliphatic carbocycles. The van der Waals surface area contributed by atoms with Crippen LogP contribution in [0.25, 0.3) is 0 Å². The molecule has 1 aliphatic heterocycles. The smallest absolute Gasteiger partial charge is 0.270 e. The molecule has 2 N–H and O–H groups in total. The van der Waals surface area contributed by atoms with Crippen molar-refractivity contribution in [1.29, 1.82) is 0 Å². The predicted octanol–water partition coefficient (Wildman–Crippen LogP) is 2.40. The number of benzene rings is 1. The quantitative estimate of drug-likeness (QED) is 0.911. The van der Waals surface area contributed by atoms with Crippen molar-refractivity contribution in [2.24, 2.45) is 0 Å². The first kappa shape index (κ1) is 15.6. The van der Waals surface area contributed by atoms with Crippen molar-refractivity contribution in [1.82, 2.24) is 15.6 Å². The number of amides is 1. The number of rotatable bonds is 4. The summed E-state index contributed by atoms with van der Waals surface area (Å²) in [5.74, 6) is -0.297. The number of nitrogens with one attached hydrogen (secondary N) is 2. The Morgan fingerprint density at radius 1 is 1.35 bits per heavy atom. The van der Waals surface area contributed by atoms with Crippen LogP contribution < -0.4 is 10.6 Å². The van der Waals surface area contributed by atoms with Crippen LogP contribution in [0.1, 0.15) is 40.0 Å². The highest BCUT2D eigenvalue weighted by Crippen LogP contribution is 2.18. The number of halogens is 1. The van der Waals surface area contributed by atoms with Gasteiger partial charge in [0.25, 0.3) is 5.91 Å². The lowest BCUT2D eigenvalue weighted by Crippen LogP contribution is -2.32. The number of aromatic nitrogens is 1. The fraction of sp³-hybridized carbons (Fsp3) is 0.333. The number of carbonyl (C=O) groups excluding carboxylic acids is 1. The fourth-order valence-corrected chi connectivity index (χ4v) is 2.83. The van der Waals surface area contributed by atoms with Crippen molar-refractivity contribution in [3.63, 3.8) is 0 Å². The van der Waals surface area contributed by atoms with Crippen molar-refractivity contribution in [3.05, 3.63) is 64.7 Å². The monoisotopic (exact) mass is 313 g/mol. The van der Waals surface area contributed by atoms with E-state index >= 15 is 0 Å². The molecule has 0 saturated heterocycles. The van der Waals surface area contributed by atoms with E-state index in [4.69, 9.17) is 0 Å². The summed E-state index contributed by atoms with van der Waals surface area (Å²) in [5, 5.41) is 6.22. The topological polar surface area (TPSA) is 54.0 Å². The molecule has 1 unspecified atom stereocenters. The second-order valence-electron chi connectivity index (χ2n) is 5.89. The van der Waals surface area contributed by atoms with Gasteiger partial charge in [-0.3, -0.25) is 9.78 Å². The van der Waals surface area contributed by atoms with E-state index in [1.807, 2.05) is 13.0 Å². The van der Waals surface area contributed by atoms with Gasteiger partial charge in [-0.25, -0.2) is 4.39 Å². The molecule has 1 amide bonds. The van der Waals surface area contributed by atoms with Crippen molar-refractivity contribution in [2.45, 2.75) is 25.8 Å². The number of carbonyl (C=O) groups is 1. The number of hydrogen-bond acceptors (Lipinski definition) is 3. The molecule has 0 spiro atoms. The summed E-state index contributed by atoms with van der Waals surface area (Å²) in [7, 11) is 0. The molecule has 1 aliphatic rings. The van der Waals surface area contributed by atoms with E-state index in [1.54, 1.807) is 18.3 Å². The van der Waals surface area contributed by atoms with Crippen LogP contribution in [0.3, 0.4) is 0 Å². The average molecular weight is 313 g/mol. The minimum atomic E-state index is -0.252. The number of fused-ring (bicyclic) bond motifs is 1. The van der Waals surface area contributed by atoms with Crippen LogP contribution in [0.15, 0.2) is 36.5 Å². The molecule has 0 bridgehead atoms. The van der Waals surface area contributed by atoms with Gasteiger partial charge >= 0.3 is 0 Å². The number of pyridine rings is 1. The van der Waals surface area contributed by atoms with Gasteiger partial charge in [0.15, 0.2) is 0 Å². The Bertz CT molecular complexity index is 700. The molecule has 1 aromatic carbocycles. The Morgan fingerprint density at radius 3 is 2.91 bits per heavy atom.